The standard InChI is InChI=1S/C4H5N.CH3I/c1-2-4-5-3-1;1-2/h1-5H;1H3. The van der Waals surface area contributed by atoms with Crippen LogP contribution in [0.25, 0.3) is 0 Å². The minimum Gasteiger partial charge on any atom is -0.368 e. The molecular formula is C5H8IN. The molecule has 1 aromatic rings. The van der Waals surface area contributed by atoms with Crippen molar-refractivity contribution < 1.29 is 0 Å². The molecule has 0 bridgehead atoms. The van der Waals surface area contributed by atoms with E-state index in [1.165, 1.54) is 0 Å². The van der Waals surface area contributed by atoms with Crippen LogP contribution in [0.1, 0.15) is 0 Å². The Balaban J connectivity index is 0.000000162. The fraction of sp³-hybridized carbons (Fsp3) is 0.200. The number of halogens is 1. The molecule has 0 fully saturated rings. The first-order valence-electron chi connectivity index (χ1n) is 1.96. The van der Waals surface area contributed by atoms with Crippen LogP contribution < -0.4 is 0 Å². The van der Waals surface area contributed by atoms with E-state index in [0.717, 1.165) is 0 Å². The predicted octanol–water partition coefficient (Wildman–Crippen LogP) is 2.07. The van der Waals surface area contributed by atoms with Gasteiger partial charge in [-0.15, -0.1) is 0 Å². The molecule has 0 saturated heterocycles. The summed E-state index contributed by atoms with van der Waals surface area (Å²) in [5, 5.41) is 0. The average Bonchev–Trinajstić information content (AvgIpc) is 2.23. The highest BCUT2D eigenvalue weighted by molar-refractivity contribution is 14.1. The number of H-pyrrole nitrogens is 1. The van der Waals surface area contributed by atoms with E-state index in [-0.39, 0.29) is 0 Å². The van der Waals surface area contributed by atoms with Gasteiger partial charge in [0, 0.05) is 12.4 Å². The van der Waals surface area contributed by atoms with Crippen molar-refractivity contribution in [3.05, 3.63) is 24.5 Å². The number of hydrogen-bond donors (Lipinski definition) is 1. The zero-order valence-electron chi connectivity index (χ0n) is 4.19. The molecule has 0 spiro atoms. The number of aromatic amines is 1. The second kappa shape index (κ2) is 6.01. The summed E-state index contributed by atoms with van der Waals surface area (Å²) in [5.74, 6) is 0. The summed E-state index contributed by atoms with van der Waals surface area (Å²) in [4.78, 5) is 4.83. The first-order chi connectivity index (χ1) is 3.50. The molecule has 0 saturated carbocycles. The van der Waals surface area contributed by atoms with Crippen molar-refractivity contribution in [3.8, 4) is 0 Å². The van der Waals surface area contributed by atoms with Gasteiger partial charge in [0.25, 0.3) is 0 Å². The fourth-order valence-electron chi connectivity index (χ4n) is 0.278. The van der Waals surface area contributed by atoms with Gasteiger partial charge in [0.1, 0.15) is 0 Å². The fourth-order valence-corrected chi connectivity index (χ4v) is 0.278. The first kappa shape index (κ1) is 7.01. The highest BCUT2D eigenvalue weighted by atomic mass is 127. The Kier molecular flexibility index (Phi) is 6.02. The summed E-state index contributed by atoms with van der Waals surface area (Å²) in [7, 11) is 0. The summed E-state index contributed by atoms with van der Waals surface area (Å²) in [6.45, 7) is 0. The van der Waals surface area contributed by atoms with Crippen molar-refractivity contribution in [2.75, 3.05) is 4.93 Å². The van der Waals surface area contributed by atoms with Crippen LogP contribution in [0.5, 0.6) is 0 Å². The molecule has 0 atom stereocenters. The molecule has 1 aromatic heterocycles. The Morgan fingerprint density at radius 3 is 1.71 bits per heavy atom. The second-order valence-corrected chi connectivity index (χ2v) is 0.885. The average molecular weight is 209 g/mol. The highest BCUT2D eigenvalue weighted by Gasteiger charge is 1.55. The Morgan fingerprint density at radius 2 is 1.57 bits per heavy atom. The van der Waals surface area contributed by atoms with E-state index >= 15 is 0 Å². The molecule has 0 aliphatic carbocycles. The molecule has 0 radical (unpaired) electrons. The smallest absolute Gasteiger partial charge is 0.000496 e. The Morgan fingerprint density at radius 1 is 1.14 bits per heavy atom. The van der Waals surface area contributed by atoms with Crippen molar-refractivity contribution >= 4 is 22.6 Å². The molecule has 0 aliphatic heterocycles. The van der Waals surface area contributed by atoms with Crippen molar-refractivity contribution in [2.24, 2.45) is 0 Å². The van der Waals surface area contributed by atoms with Gasteiger partial charge in [-0.25, -0.2) is 0 Å². The number of alkyl halides is 1. The number of rotatable bonds is 0. The van der Waals surface area contributed by atoms with Crippen LogP contribution in [0, 0.1) is 0 Å². The lowest BCUT2D eigenvalue weighted by Crippen LogP contribution is -1.38. The molecule has 1 rings (SSSR count). The topological polar surface area (TPSA) is 15.8 Å². The first-order valence-corrected chi connectivity index (χ1v) is 4.11. The van der Waals surface area contributed by atoms with Gasteiger partial charge in [0.15, 0.2) is 0 Å². The third-order valence-corrected chi connectivity index (χ3v) is 0.496. The number of nitrogens with one attached hydrogen (secondary N) is 1. The summed E-state index contributed by atoms with van der Waals surface area (Å²) < 4.78 is 0. The molecular weight excluding hydrogens is 201 g/mol. The molecule has 1 N–H and O–H groups in total. The van der Waals surface area contributed by atoms with Crippen LogP contribution in [0.4, 0.5) is 0 Å². The molecule has 7 heavy (non-hydrogen) atoms. The van der Waals surface area contributed by atoms with E-state index in [9.17, 15) is 0 Å². The SMILES string of the molecule is CI.c1cc[nH]c1. The molecule has 1 heterocycles. The van der Waals surface area contributed by atoms with E-state index in [0.29, 0.717) is 0 Å². The maximum atomic E-state index is 2.86. The monoisotopic (exact) mass is 209 g/mol. The molecule has 1 nitrogen and oxygen atoms in total. The van der Waals surface area contributed by atoms with Gasteiger partial charge in [-0.05, 0) is 17.1 Å². The van der Waals surface area contributed by atoms with Gasteiger partial charge in [-0.2, -0.15) is 0 Å². The van der Waals surface area contributed by atoms with Crippen molar-refractivity contribution in [3.63, 3.8) is 0 Å². The van der Waals surface area contributed by atoms with E-state index in [2.05, 4.69) is 27.6 Å². The van der Waals surface area contributed by atoms with Crippen LogP contribution in [0.3, 0.4) is 0 Å². The van der Waals surface area contributed by atoms with Crippen molar-refractivity contribution in [1.82, 2.24) is 4.98 Å². The molecule has 40 valence electrons. The lowest BCUT2D eigenvalue weighted by atomic mass is 10.7. The van der Waals surface area contributed by atoms with Crippen LogP contribution in [0.2, 0.25) is 0 Å². The zero-order valence-corrected chi connectivity index (χ0v) is 6.34. The molecule has 0 amide bonds. The summed E-state index contributed by atoms with van der Waals surface area (Å²) in [6.07, 6.45) is 3.75. The Labute approximate surface area is 57.3 Å². The quantitative estimate of drug-likeness (QED) is 0.497. The number of aromatic nitrogens is 1. The summed E-state index contributed by atoms with van der Waals surface area (Å²) >= 11 is 2.15. The largest absolute Gasteiger partial charge is 0.368 e. The maximum Gasteiger partial charge on any atom is 0.000496 e. The normalized spacial score (nSPS) is 6.57. The van der Waals surface area contributed by atoms with Crippen molar-refractivity contribution in [1.29, 1.82) is 0 Å². The van der Waals surface area contributed by atoms with E-state index < -0.39 is 0 Å². The summed E-state index contributed by atoms with van der Waals surface area (Å²) in [6, 6.07) is 3.89. The van der Waals surface area contributed by atoms with Crippen LogP contribution in [-0.4, -0.2) is 9.91 Å². The van der Waals surface area contributed by atoms with Gasteiger partial charge < -0.3 is 4.98 Å². The molecule has 0 aromatic carbocycles. The minimum absolute atomic E-state index is 1.88. The van der Waals surface area contributed by atoms with Crippen molar-refractivity contribution in [2.45, 2.75) is 0 Å². The third kappa shape index (κ3) is 3.85. The van der Waals surface area contributed by atoms with Gasteiger partial charge in [-0.1, -0.05) is 22.6 Å². The zero-order chi connectivity index (χ0) is 5.54. The minimum atomic E-state index is 1.88. The highest BCUT2D eigenvalue weighted by Crippen LogP contribution is 1.72. The van der Waals surface area contributed by atoms with Gasteiger partial charge in [0.2, 0.25) is 0 Å². The van der Waals surface area contributed by atoms with E-state index in [4.69, 9.17) is 0 Å². The lowest BCUT2D eigenvalue weighted by molar-refractivity contribution is 1.42. The van der Waals surface area contributed by atoms with E-state index in [1.54, 1.807) is 0 Å². The third-order valence-electron chi connectivity index (χ3n) is 0.496. The Bertz CT molecular complexity index is 64.6. The summed E-state index contributed by atoms with van der Waals surface area (Å²) in [5.41, 5.74) is 0. The van der Waals surface area contributed by atoms with Crippen LogP contribution in [0.15, 0.2) is 24.5 Å². The maximum absolute atomic E-state index is 2.86. The predicted molar refractivity (Wildman–Crippen MR) is 40.7 cm³/mol. The Hall–Kier alpha value is 0.01000. The molecule has 0 unspecified atom stereocenters. The van der Waals surface area contributed by atoms with Gasteiger partial charge in [-0.3, -0.25) is 0 Å². The number of hydrogen-bond acceptors (Lipinski definition) is 0. The molecule has 0 aliphatic rings. The van der Waals surface area contributed by atoms with E-state index in [1.807, 2.05) is 29.5 Å². The van der Waals surface area contributed by atoms with Gasteiger partial charge in [0.05, 0.1) is 0 Å². The second-order valence-electron chi connectivity index (χ2n) is 0.885. The molecule has 2 heteroatoms. The lowest BCUT2D eigenvalue weighted by Gasteiger charge is -1.49. The van der Waals surface area contributed by atoms with Gasteiger partial charge >= 0.3 is 0 Å². The van der Waals surface area contributed by atoms with Crippen LogP contribution in [-0.2, 0) is 0 Å². The van der Waals surface area contributed by atoms with Crippen LogP contribution >= 0.6 is 22.6 Å².